The van der Waals surface area contributed by atoms with Crippen molar-refractivity contribution in [1.82, 2.24) is 25.5 Å². The van der Waals surface area contributed by atoms with Crippen molar-refractivity contribution in [3.63, 3.8) is 0 Å². The fourth-order valence-electron chi connectivity index (χ4n) is 5.24. The van der Waals surface area contributed by atoms with Crippen molar-refractivity contribution in [2.75, 3.05) is 26.8 Å². The minimum atomic E-state index is -0.536. The van der Waals surface area contributed by atoms with Gasteiger partial charge in [-0.1, -0.05) is 12.1 Å². The lowest BCUT2D eigenvalue weighted by Gasteiger charge is -2.22. The fourth-order valence-corrected chi connectivity index (χ4v) is 5.86. The average Bonchev–Trinajstić information content (AvgIpc) is 3.63. The zero-order valence-electron chi connectivity index (χ0n) is 24.2. The van der Waals surface area contributed by atoms with E-state index >= 15 is 0 Å². The van der Waals surface area contributed by atoms with E-state index in [2.05, 4.69) is 20.6 Å². The molecule has 1 fully saturated rings. The minimum absolute atomic E-state index is 0.0967. The summed E-state index contributed by atoms with van der Waals surface area (Å²) in [5, 5.41) is 8.72. The maximum atomic E-state index is 13.5. The summed E-state index contributed by atoms with van der Waals surface area (Å²) in [4.78, 5) is 49.8. The minimum Gasteiger partial charge on any atom is -0.496 e. The first kappa shape index (κ1) is 29.1. The van der Waals surface area contributed by atoms with Gasteiger partial charge in [-0.15, -0.1) is 11.3 Å². The van der Waals surface area contributed by atoms with Gasteiger partial charge in [0.25, 0.3) is 11.8 Å². The average molecular weight is 614 g/mol. The van der Waals surface area contributed by atoms with Crippen LogP contribution in [0, 0.1) is 6.92 Å². The molecule has 12 heteroatoms. The van der Waals surface area contributed by atoms with Crippen molar-refractivity contribution < 1.29 is 28.6 Å². The lowest BCUT2D eigenvalue weighted by molar-refractivity contribution is -0.129. The van der Waals surface area contributed by atoms with Gasteiger partial charge in [0.1, 0.15) is 23.4 Å². The molecule has 7 rings (SSSR count). The van der Waals surface area contributed by atoms with Crippen LogP contribution in [0.1, 0.15) is 26.6 Å². The first-order valence-electron chi connectivity index (χ1n) is 14.1. The number of carbonyl (C=O) groups excluding carboxylic acids is 3. The SMILES string of the molecule is COc1cc2ccc1CNC(=O)COc1cccc(c1)-c1cncc(c1)C(=O)N[C@H]1CN(C(=O)Cc3csc(C)n3)C[C@@H]1O2. The Morgan fingerprint density at radius 1 is 1.07 bits per heavy atom. The molecule has 2 aromatic heterocycles. The lowest BCUT2D eigenvalue weighted by Crippen LogP contribution is -2.45. The van der Waals surface area contributed by atoms with E-state index in [4.69, 9.17) is 14.2 Å². The second-order valence-corrected chi connectivity index (χ2v) is 11.7. The molecule has 0 saturated carbocycles. The first-order valence-corrected chi connectivity index (χ1v) is 15.0. The number of ether oxygens (including phenoxy) is 3. The molecular formula is C32H31N5O6S. The topological polar surface area (TPSA) is 132 Å². The number of methoxy groups -OCH3 is 1. The number of carbonyl (C=O) groups is 3. The van der Waals surface area contributed by atoms with Crippen LogP contribution in [-0.4, -0.2) is 71.5 Å². The van der Waals surface area contributed by atoms with Crippen LogP contribution in [0.3, 0.4) is 0 Å². The van der Waals surface area contributed by atoms with Gasteiger partial charge in [0, 0.05) is 48.1 Å². The van der Waals surface area contributed by atoms with Gasteiger partial charge in [-0.05, 0) is 42.8 Å². The summed E-state index contributed by atoms with van der Waals surface area (Å²) in [6.07, 6.45) is 2.79. The van der Waals surface area contributed by atoms with Crippen LogP contribution >= 0.6 is 11.3 Å². The van der Waals surface area contributed by atoms with E-state index < -0.39 is 12.1 Å². The number of nitrogens with zero attached hydrogens (tertiary/aromatic N) is 3. The van der Waals surface area contributed by atoms with Crippen molar-refractivity contribution in [2.24, 2.45) is 0 Å². The predicted octanol–water partition coefficient (Wildman–Crippen LogP) is 3.16. The Bertz CT molecular complexity index is 1710. The maximum Gasteiger partial charge on any atom is 0.258 e. The molecule has 3 aliphatic heterocycles. The quantitative estimate of drug-likeness (QED) is 0.360. The van der Waals surface area contributed by atoms with E-state index in [1.54, 1.807) is 48.5 Å². The van der Waals surface area contributed by atoms with E-state index in [0.29, 0.717) is 28.4 Å². The van der Waals surface area contributed by atoms with Gasteiger partial charge in [0.15, 0.2) is 6.61 Å². The number of aryl methyl sites for hydroxylation is 1. The molecule has 2 atom stereocenters. The van der Waals surface area contributed by atoms with Gasteiger partial charge < -0.3 is 29.7 Å². The summed E-state index contributed by atoms with van der Waals surface area (Å²) in [5.74, 6) is 0.810. The van der Waals surface area contributed by atoms with Crippen LogP contribution in [0.15, 0.2) is 66.3 Å². The number of pyridine rings is 1. The second-order valence-electron chi connectivity index (χ2n) is 10.6. The van der Waals surface area contributed by atoms with Crippen LogP contribution in [0.5, 0.6) is 17.2 Å². The van der Waals surface area contributed by atoms with E-state index in [9.17, 15) is 14.4 Å². The third-order valence-corrected chi connectivity index (χ3v) is 8.32. The van der Waals surface area contributed by atoms with E-state index in [1.807, 2.05) is 30.5 Å². The molecule has 6 bridgehead atoms. The number of amides is 3. The molecule has 4 aromatic rings. The van der Waals surface area contributed by atoms with Gasteiger partial charge in [0.2, 0.25) is 5.91 Å². The Kier molecular flexibility index (Phi) is 8.42. The number of hydrogen-bond acceptors (Lipinski definition) is 9. The Labute approximate surface area is 258 Å². The molecule has 11 nitrogen and oxygen atoms in total. The van der Waals surface area contributed by atoms with Crippen LogP contribution in [-0.2, 0) is 22.6 Å². The van der Waals surface area contributed by atoms with E-state index in [-0.39, 0.29) is 50.4 Å². The van der Waals surface area contributed by atoms with Crippen LogP contribution < -0.4 is 24.8 Å². The Morgan fingerprint density at radius 3 is 2.75 bits per heavy atom. The van der Waals surface area contributed by atoms with Crippen LogP contribution in [0.25, 0.3) is 11.1 Å². The molecule has 0 spiro atoms. The Balaban J connectivity index is 1.31. The molecule has 5 heterocycles. The zero-order chi connectivity index (χ0) is 30.6. The monoisotopic (exact) mass is 613 g/mol. The van der Waals surface area contributed by atoms with Gasteiger partial charge in [-0.25, -0.2) is 4.98 Å². The highest BCUT2D eigenvalue weighted by atomic mass is 32.1. The molecule has 3 aliphatic rings. The Hall–Kier alpha value is -4.97. The molecule has 0 radical (unpaired) electrons. The number of nitrogens with one attached hydrogen (secondary N) is 2. The normalized spacial score (nSPS) is 18.4. The molecule has 44 heavy (non-hydrogen) atoms. The maximum absolute atomic E-state index is 13.5. The highest BCUT2D eigenvalue weighted by molar-refractivity contribution is 7.09. The molecule has 2 N–H and O–H groups in total. The van der Waals surface area contributed by atoms with Crippen LogP contribution in [0.2, 0.25) is 0 Å². The largest absolute Gasteiger partial charge is 0.496 e. The highest BCUT2D eigenvalue weighted by Crippen LogP contribution is 2.28. The number of rotatable bonds is 3. The first-order chi connectivity index (χ1) is 21.3. The summed E-state index contributed by atoms with van der Waals surface area (Å²) in [6.45, 7) is 2.50. The van der Waals surface area contributed by atoms with Gasteiger partial charge in [-0.2, -0.15) is 0 Å². The summed E-state index contributed by atoms with van der Waals surface area (Å²) < 4.78 is 17.7. The van der Waals surface area contributed by atoms with Gasteiger partial charge in [0.05, 0.1) is 42.4 Å². The third-order valence-electron chi connectivity index (χ3n) is 7.49. The smallest absolute Gasteiger partial charge is 0.258 e. The molecule has 0 aliphatic carbocycles. The van der Waals surface area contributed by atoms with Crippen LogP contribution in [0.4, 0.5) is 0 Å². The van der Waals surface area contributed by atoms with Crippen molar-refractivity contribution in [3.05, 3.63) is 88.1 Å². The number of hydrogen-bond donors (Lipinski definition) is 2. The van der Waals surface area contributed by atoms with E-state index in [0.717, 1.165) is 21.8 Å². The molecule has 1 saturated heterocycles. The fraction of sp³-hybridized carbons (Fsp3) is 0.281. The second kappa shape index (κ2) is 12.7. The number of likely N-dealkylation sites (tertiary alicyclic amines) is 1. The summed E-state index contributed by atoms with van der Waals surface area (Å²) >= 11 is 1.50. The number of fused-ring (bicyclic) bond motifs is 7. The summed E-state index contributed by atoms with van der Waals surface area (Å²) in [6, 6.07) is 13.8. The highest BCUT2D eigenvalue weighted by Gasteiger charge is 2.38. The standard InChI is InChI=1S/C32H31N5O6S/c1-19-35-24(18-44-19)10-31(39)37-15-27-29(16-37)43-26-7-6-21(28(11-26)41-2)14-34-30(38)17-42-25-5-3-4-20(9-25)22-8-23(13-33-12-22)32(40)36-27/h3-9,11-13,18,27,29H,10,14-17H2,1-2H3,(H,34,38)(H,36,40)/t27-,29-/m0/s1. The Morgan fingerprint density at radius 2 is 1.93 bits per heavy atom. The van der Waals surface area contributed by atoms with E-state index in [1.165, 1.54) is 17.5 Å². The number of aromatic nitrogens is 2. The zero-order valence-corrected chi connectivity index (χ0v) is 25.1. The third kappa shape index (κ3) is 6.65. The molecule has 3 amide bonds. The number of benzene rings is 2. The number of thiazole rings is 1. The van der Waals surface area contributed by atoms with Crippen molar-refractivity contribution >= 4 is 29.1 Å². The molecule has 226 valence electrons. The van der Waals surface area contributed by atoms with Crippen molar-refractivity contribution in [3.8, 4) is 28.4 Å². The predicted molar refractivity (Wildman–Crippen MR) is 163 cm³/mol. The molecule has 2 aromatic carbocycles. The molecule has 0 unspecified atom stereocenters. The summed E-state index contributed by atoms with van der Waals surface area (Å²) in [7, 11) is 1.54. The van der Waals surface area contributed by atoms with Crippen molar-refractivity contribution in [1.29, 1.82) is 0 Å². The summed E-state index contributed by atoms with van der Waals surface area (Å²) in [5.41, 5.74) is 3.32. The van der Waals surface area contributed by atoms with Crippen molar-refractivity contribution in [2.45, 2.75) is 32.0 Å². The van der Waals surface area contributed by atoms with Gasteiger partial charge in [-0.3, -0.25) is 19.4 Å². The lowest BCUT2D eigenvalue weighted by atomic mass is 10.1. The molecular weight excluding hydrogens is 582 g/mol. The van der Waals surface area contributed by atoms with Gasteiger partial charge >= 0.3 is 0 Å².